The minimum atomic E-state index is -0.490. The van der Waals surface area contributed by atoms with E-state index in [4.69, 9.17) is 11.6 Å². The van der Waals surface area contributed by atoms with Crippen molar-refractivity contribution in [1.82, 2.24) is 15.1 Å². The second-order valence-electron chi connectivity index (χ2n) is 7.58. The Balaban J connectivity index is 1.49. The van der Waals surface area contributed by atoms with E-state index < -0.39 is 10.8 Å². The quantitative estimate of drug-likeness (QED) is 0.545. The van der Waals surface area contributed by atoms with Crippen molar-refractivity contribution in [2.24, 2.45) is 0 Å². The molecule has 0 aliphatic carbocycles. The van der Waals surface area contributed by atoms with E-state index in [2.05, 4.69) is 10.2 Å². The van der Waals surface area contributed by atoms with Crippen molar-refractivity contribution >= 4 is 29.1 Å². The minimum Gasteiger partial charge on any atom is -0.343 e. The molecule has 2 aromatic carbocycles. The van der Waals surface area contributed by atoms with Crippen molar-refractivity contribution in [3.05, 3.63) is 74.3 Å². The molecule has 0 aromatic heterocycles. The number of halogens is 1. The van der Waals surface area contributed by atoms with Crippen LogP contribution in [-0.4, -0.2) is 59.3 Å². The maximum absolute atomic E-state index is 12.6. The molecule has 1 aliphatic rings. The van der Waals surface area contributed by atoms with Crippen LogP contribution >= 0.6 is 11.6 Å². The van der Waals surface area contributed by atoms with Crippen molar-refractivity contribution in [3.8, 4) is 0 Å². The Morgan fingerprint density at radius 1 is 1.10 bits per heavy atom. The molecule has 0 atom stereocenters. The minimum absolute atomic E-state index is 0.0413. The lowest BCUT2D eigenvalue weighted by molar-refractivity contribution is -0.385. The van der Waals surface area contributed by atoms with Crippen molar-refractivity contribution in [2.45, 2.75) is 19.9 Å². The van der Waals surface area contributed by atoms with Crippen LogP contribution in [0.4, 0.5) is 5.69 Å². The molecule has 0 radical (unpaired) electrons. The number of carbonyl (C=O) groups excluding carboxylic acids is 2. The number of rotatable bonds is 6. The van der Waals surface area contributed by atoms with Crippen molar-refractivity contribution in [3.63, 3.8) is 0 Å². The van der Waals surface area contributed by atoms with Gasteiger partial charge in [0, 0.05) is 54.9 Å². The summed E-state index contributed by atoms with van der Waals surface area (Å²) in [6.45, 7) is 5.15. The molecule has 164 valence electrons. The molecule has 1 saturated heterocycles. The first-order chi connectivity index (χ1) is 14.8. The number of nitro benzene ring substituents is 1. The Labute approximate surface area is 185 Å². The summed E-state index contributed by atoms with van der Waals surface area (Å²) in [7, 11) is 0. The van der Waals surface area contributed by atoms with Gasteiger partial charge in [-0.05, 0) is 43.2 Å². The molecule has 1 aliphatic heterocycles. The number of amides is 2. The molecule has 1 N–H and O–H groups in total. The summed E-state index contributed by atoms with van der Waals surface area (Å²) >= 11 is 5.94. The van der Waals surface area contributed by atoms with Gasteiger partial charge in [0.25, 0.3) is 11.6 Å². The number of nitro groups is 1. The van der Waals surface area contributed by atoms with E-state index in [0.717, 1.165) is 26.1 Å². The van der Waals surface area contributed by atoms with E-state index in [9.17, 15) is 19.7 Å². The highest BCUT2D eigenvalue weighted by Crippen LogP contribution is 2.18. The fraction of sp³-hybridized carbons (Fsp3) is 0.364. The Morgan fingerprint density at radius 3 is 2.52 bits per heavy atom. The van der Waals surface area contributed by atoms with Crippen molar-refractivity contribution in [2.75, 3.05) is 32.7 Å². The Kier molecular flexibility index (Phi) is 7.59. The number of carbonyl (C=O) groups is 2. The van der Waals surface area contributed by atoms with Gasteiger partial charge in [0.05, 0.1) is 11.5 Å². The van der Waals surface area contributed by atoms with Gasteiger partial charge < -0.3 is 10.2 Å². The SMILES string of the molecule is Cc1cc(C(=O)NCC(=O)N2CCCN(Cc3ccc(Cl)cc3)CC2)ccc1[N+](=O)[O-]. The molecule has 1 heterocycles. The van der Waals surface area contributed by atoms with E-state index in [1.54, 1.807) is 11.8 Å². The van der Waals surface area contributed by atoms with Crippen LogP contribution in [0.5, 0.6) is 0 Å². The lowest BCUT2D eigenvalue weighted by atomic mass is 10.1. The van der Waals surface area contributed by atoms with Gasteiger partial charge in [-0.25, -0.2) is 0 Å². The molecule has 0 spiro atoms. The summed E-state index contributed by atoms with van der Waals surface area (Å²) in [4.78, 5) is 39.4. The molecule has 31 heavy (non-hydrogen) atoms. The molecule has 1 fully saturated rings. The molecule has 9 heteroatoms. The number of hydrogen-bond donors (Lipinski definition) is 1. The van der Waals surface area contributed by atoms with E-state index in [0.29, 0.717) is 29.2 Å². The largest absolute Gasteiger partial charge is 0.343 e. The zero-order chi connectivity index (χ0) is 22.4. The van der Waals surface area contributed by atoms with Crippen molar-refractivity contribution < 1.29 is 14.5 Å². The second kappa shape index (κ2) is 10.4. The van der Waals surface area contributed by atoms with Crippen LogP contribution in [0.15, 0.2) is 42.5 Å². The van der Waals surface area contributed by atoms with E-state index in [1.165, 1.54) is 23.8 Å². The van der Waals surface area contributed by atoms with Gasteiger partial charge in [-0.3, -0.25) is 24.6 Å². The predicted octanol–water partition coefficient (Wildman–Crippen LogP) is 3.02. The Bertz CT molecular complexity index is 964. The van der Waals surface area contributed by atoms with E-state index in [-0.39, 0.29) is 18.1 Å². The summed E-state index contributed by atoms with van der Waals surface area (Å²) in [5.74, 6) is -0.564. The monoisotopic (exact) mass is 444 g/mol. The summed E-state index contributed by atoms with van der Waals surface area (Å²) in [6.07, 6.45) is 0.856. The van der Waals surface area contributed by atoms with Crippen LogP contribution in [0, 0.1) is 17.0 Å². The lowest BCUT2D eigenvalue weighted by Crippen LogP contribution is -2.42. The molecular formula is C22H25ClN4O4. The number of aryl methyl sites for hydroxylation is 1. The fourth-order valence-corrected chi connectivity index (χ4v) is 3.72. The smallest absolute Gasteiger partial charge is 0.272 e. The zero-order valence-electron chi connectivity index (χ0n) is 17.3. The first-order valence-electron chi connectivity index (χ1n) is 10.1. The number of hydrogen-bond acceptors (Lipinski definition) is 5. The van der Waals surface area contributed by atoms with E-state index in [1.807, 2.05) is 24.3 Å². The molecule has 3 rings (SSSR count). The van der Waals surface area contributed by atoms with Crippen LogP contribution in [0.1, 0.15) is 27.9 Å². The van der Waals surface area contributed by atoms with Gasteiger partial charge in [-0.2, -0.15) is 0 Å². The maximum Gasteiger partial charge on any atom is 0.272 e. The van der Waals surface area contributed by atoms with Crippen LogP contribution < -0.4 is 5.32 Å². The highest BCUT2D eigenvalue weighted by atomic mass is 35.5. The van der Waals surface area contributed by atoms with E-state index >= 15 is 0 Å². The summed E-state index contributed by atoms with van der Waals surface area (Å²) < 4.78 is 0. The van der Waals surface area contributed by atoms with Crippen LogP contribution in [-0.2, 0) is 11.3 Å². The number of nitrogens with one attached hydrogen (secondary N) is 1. The summed E-state index contributed by atoms with van der Waals surface area (Å²) in [5.41, 5.74) is 1.83. The molecular weight excluding hydrogens is 420 g/mol. The van der Waals surface area contributed by atoms with Gasteiger partial charge in [-0.1, -0.05) is 23.7 Å². The maximum atomic E-state index is 12.6. The molecule has 0 unspecified atom stereocenters. The topological polar surface area (TPSA) is 95.8 Å². The first kappa shape index (κ1) is 22.7. The summed E-state index contributed by atoms with van der Waals surface area (Å²) in [5, 5.41) is 14.2. The zero-order valence-corrected chi connectivity index (χ0v) is 18.1. The van der Waals surface area contributed by atoms with Crippen LogP contribution in [0.25, 0.3) is 0 Å². The highest BCUT2D eigenvalue weighted by molar-refractivity contribution is 6.30. The third-order valence-corrected chi connectivity index (χ3v) is 5.57. The Morgan fingerprint density at radius 2 is 1.84 bits per heavy atom. The standard InChI is InChI=1S/C22H25ClN4O4/c1-16-13-18(5-8-20(16)27(30)31)22(29)24-14-21(28)26-10-2-9-25(11-12-26)15-17-3-6-19(23)7-4-17/h3-8,13H,2,9-12,14-15H2,1H3,(H,24,29). The van der Waals surface area contributed by atoms with Crippen LogP contribution in [0.3, 0.4) is 0 Å². The molecule has 0 saturated carbocycles. The molecule has 2 aromatic rings. The lowest BCUT2D eigenvalue weighted by Gasteiger charge is -2.22. The van der Waals surface area contributed by atoms with Crippen molar-refractivity contribution in [1.29, 1.82) is 0 Å². The summed E-state index contributed by atoms with van der Waals surface area (Å²) in [6, 6.07) is 11.9. The highest BCUT2D eigenvalue weighted by Gasteiger charge is 2.20. The molecule has 0 bridgehead atoms. The average molecular weight is 445 g/mol. The van der Waals surface area contributed by atoms with Crippen LogP contribution in [0.2, 0.25) is 5.02 Å². The first-order valence-corrected chi connectivity index (χ1v) is 10.5. The number of benzene rings is 2. The Hall–Kier alpha value is -2.97. The second-order valence-corrected chi connectivity index (χ2v) is 8.01. The van der Waals surface area contributed by atoms with Gasteiger partial charge in [0.2, 0.25) is 5.91 Å². The number of nitrogens with zero attached hydrogens (tertiary/aromatic N) is 3. The van der Waals surface area contributed by atoms with Gasteiger partial charge in [0.15, 0.2) is 0 Å². The fourth-order valence-electron chi connectivity index (χ4n) is 3.60. The van der Waals surface area contributed by atoms with Gasteiger partial charge >= 0.3 is 0 Å². The third kappa shape index (κ3) is 6.26. The molecule has 2 amide bonds. The molecule has 8 nitrogen and oxygen atoms in total. The third-order valence-electron chi connectivity index (χ3n) is 5.32. The predicted molar refractivity (Wildman–Crippen MR) is 118 cm³/mol. The average Bonchev–Trinajstić information content (AvgIpc) is 2.98. The van der Waals surface area contributed by atoms with Gasteiger partial charge in [0.1, 0.15) is 0 Å². The normalized spacial score (nSPS) is 14.7. The van der Waals surface area contributed by atoms with Gasteiger partial charge in [-0.15, -0.1) is 0 Å².